The number of carbonyl (C=O) groups is 1. The number of pyridine rings is 1. The van der Waals surface area contributed by atoms with E-state index in [0.29, 0.717) is 24.9 Å². The number of carboxylic acids is 1. The van der Waals surface area contributed by atoms with Gasteiger partial charge in [-0.3, -0.25) is 18.8 Å². The SMILES string of the molecule is CCCC(C(=O)O)c1c(-c2cnn(C)c2)c2c3c(sc2n(Cc2ccccc2)c1=O)CCCC3. The Morgan fingerprint density at radius 2 is 1.97 bits per heavy atom. The molecule has 5 rings (SSSR count). The normalized spacial score (nSPS) is 14.3. The number of rotatable bonds is 7. The Kier molecular flexibility index (Phi) is 6.13. The van der Waals surface area contributed by atoms with E-state index in [1.165, 1.54) is 10.4 Å². The Morgan fingerprint density at radius 1 is 1.21 bits per heavy atom. The van der Waals surface area contributed by atoms with E-state index in [1.807, 2.05) is 55.1 Å². The second-order valence-electron chi connectivity index (χ2n) is 9.14. The average Bonchev–Trinajstić information content (AvgIpc) is 3.43. The molecule has 0 aliphatic heterocycles. The molecule has 1 N–H and O–H groups in total. The van der Waals surface area contributed by atoms with Crippen LogP contribution in [-0.4, -0.2) is 25.4 Å². The van der Waals surface area contributed by atoms with E-state index >= 15 is 0 Å². The van der Waals surface area contributed by atoms with Crippen molar-refractivity contribution in [2.45, 2.75) is 57.9 Å². The number of hydrogen-bond donors (Lipinski definition) is 1. The molecule has 1 aliphatic carbocycles. The van der Waals surface area contributed by atoms with E-state index in [1.54, 1.807) is 22.2 Å². The number of fused-ring (bicyclic) bond motifs is 3. The van der Waals surface area contributed by atoms with E-state index < -0.39 is 11.9 Å². The van der Waals surface area contributed by atoms with Gasteiger partial charge in [-0.05, 0) is 43.2 Å². The van der Waals surface area contributed by atoms with E-state index in [0.717, 1.165) is 52.6 Å². The summed E-state index contributed by atoms with van der Waals surface area (Å²) in [6.07, 6.45) is 8.97. The highest BCUT2D eigenvalue weighted by atomic mass is 32.1. The second-order valence-corrected chi connectivity index (χ2v) is 10.2. The van der Waals surface area contributed by atoms with Crippen LogP contribution in [-0.2, 0) is 31.2 Å². The van der Waals surface area contributed by atoms with Gasteiger partial charge in [0.1, 0.15) is 4.83 Å². The fourth-order valence-corrected chi connectivity index (χ4v) is 6.63. The van der Waals surface area contributed by atoms with Crippen molar-refractivity contribution < 1.29 is 9.90 Å². The van der Waals surface area contributed by atoms with Gasteiger partial charge >= 0.3 is 5.97 Å². The van der Waals surface area contributed by atoms with Gasteiger partial charge < -0.3 is 5.11 Å². The quantitative estimate of drug-likeness (QED) is 0.390. The first kappa shape index (κ1) is 22.6. The Morgan fingerprint density at radius 3 is 2.65 bits per heavy atom. The first-order chi connectivity index (χ1) is 16.5. The van der Waals surface area contributed by atoms with Gasteiger partial charge in [0.05, 0.1) is 18.7 Å². The molecule has 0 bridgehead atoms. The van der Waals surface area contributed by atoms with Gasteiger partial charge in [0.15, 0.2) is 0 Å². The molecular formula is C27H29N3O3S. The molecule has 0 radical (unpaired) electrons. The van der Waals surface area contributed by atoms with Gasteiger partial charge in [-0.15, -0.1) is 11.3 Å². The van der Waals surface area contributed by atoms with Crippen molar-refractivity contribution in [2.24, 2.45) is 7.05 Å². The molecule has 0 amide bonds. The summed E-state index contributed by atoms with van der Waals surface area (Å²) in [6, 6.07) is 9.94. The fourth-order valence-electron chi connectivity index (χ4n) is 5.24. The zero-order valence-corrected chi connectivity index (χ0v) is 20.4. The summed E-state index contributed by atoms with van der Waals surface area (Å²) in [7, 11) is 1.85. The van der Waals surface area contributed by atoms with Gasteiger partial charge in [-0.25, -0.2) is 0 Å². The lowest BCUT2D eigenvalue weighted by Crippen LogP contribution is -2.30. The van der Waals surface area contributed by atoms with Crippen LogP contribution in [0, 0.1) is 0 Å². The molecule has 3 heterocycles. The highest BCUT2D eigenvalue weighted by molar-refractivity contribution is 7.19. The summed E-state index contributed by atoms with van der Waals surface area (Å²) in [5.74, 6) is -1.81. The van der Waals surface area contributed by atoms with Crippen molar-refractivity contribution in [3.05, 3.63) is 74.6 Å². The number of benzene rings is 1. The van der Waals surface area contributed by atoms with Gasteiger partial charge in [0.2, 0.25) is 0 Å². The molecule has 0 fully saturated rings. The lowest BCUT2D eigenvalue weighted by atomic mass is 9.85. The summed E-state index contributed by atoms with van der Waals surface area (Å²) in [5.41, 5.74) is 4.11. The first-order valence-corrected chi connectivity index (χ1v) is 12.8. The van der Waals surface area contributed by atoms with Crippen molar-refractivity contribution in [3.63, 3.8) is 0 Å². The molecule has 1 unspecified atom stereocenters. The molecule has 1 aliphatic rings. The summed E-state index contributed by atoms with van der Waals surface area (Å²) in [5, 5.41) is 15.7. The zero-order chi connectivity index (χ0) is 23.8. The average molecular weight is 476 g/mol. The molecule has 0 saturated carbocycles. The van der Waals surface area contributed by atoms with Crippen LogP contribution < -0.4 is 5.56 Å². The molecule has 3 aromatic heterocycles. The van der Waals surface area contributed by atoms with Gasteiger partial charge in [0, 0.05) is 40.2 Å². The number of hydrogen-bond acceptors (Lipinski definition) is 4. The van der Waals surface area contributed by atoms with Crippen LogP contribution in [0.1, 0.15) is 60.1 Å². The van der Waals surface area contributed by atoms with Crippen molar-refractivity contribution in [1.29, 1.82) is 0 Å². The first-order valence-electron chi connectivity index (χ1n) is 12.0. The summed E-state index contributed by atoms with van der Waals surface area (Å²) < 4.78 is 3.54. The Bertz CT molecular complexity index is 1410. The van der Waals surface area contributed by atoms with Crippen molar-refractivity contribution in [2.75, 3.05) is 0 Å². The minimum atomic E-state index is -0.946. The highest BCUT2D eigenvalue weighted by Crippen LogP contribution is 2.44. The molecule has 6 nitrogen and oxygen atoms in total. The zero-order valence-electron chi connectivity index (χ0n) is 19.6. The van der Waals surface area contributed by atoms with Gasteiger partial charge in [0.25, 0.3) is 5.56 Å². The second kappa shape index (κ2) is 9.22. The van der Waals surface area contributed by atoms with Crippen LogP contribution in [0.3, 0.4) is 0 Å². The Hall–Kier alpha value is -3.19. The van der Waals surface area contributed by atoms with Crippen LogP contribution >= 0.6 is 11.3 Å². The molecule has 0 spiro atoms. The Labute approximate surface area is 202 Å². The van der Waals surface area contributed by atoms with Crippen molar-refractivity contribution in [3.8, 4) is 11.1 Å². The fraction of sp³-hybridized carbons (Fsp3) is 0.370. The third kappa shape index (κ3) is 3.88. The number of thiophene rings is 1. The number of nitrogens with zero attached hydrogens (tertiary/aromatic N) is 3. The smallest absolute Gasteiger partial charge is 0.311 e. The van der Waals surface area contributed by atoms with Gasteiger partial charge in [-0.2, -0.15) is 5.10 Å². The number of aromatic nitrogens is 3. The monoisotopic (exact) mass is 475 g/mol. The minimum absolute atomic E-state index is 0.199. The molecule has 176 valence electrons. The summed E-state index contributed by atoms with van der Waals surface area (Å²) in [4.78, 5) is 29.0. The standard InChI is InChI=1S/C27H29N3O3S/c1-3-9-20(27(32)33)23-22(18-14-28-29(2)16-18)24-19-12-7-8-13-21(19)34-26(24)30(25(23)31)15-17-10-5-4-6-11-17/h4-6,10-11,14,16,20H,3,7-9,12-13,15H2,1-2H3,(H,32,33). The third-order valence-electron chi connectivity index (χ3n) is 6.79. The Balaban J connectivity index is 1.91. The molecule has 4 aromatic rings. The summed E-state index contributed by atoms with van der Waals surface area (Å²) >= 11 is 1.71. The maximum Gasteiger partial charge on any atom is 0.311 e. The topological polar surface area (TPSA) is 77.1 Å². The van der Waals surface area contributed by atoms with E-state index in [2.05, 4.69) is 5.10 Å². The van der Waals surface area contributed by atoms with E-state index in [4.69, 9.17) is 0 Å². The number of carboxylic acid groups (broad SMARTS) is 1. The molecular weight excluding hydrogens is 446 g/mol. The number of aryl methyl sites for hydroxylation is 3. The van der Waals surface area contributed by atoms with E-state index in [9.17, 15) is 14.7 Å². The highest BCUT2D eigenvalue weighted by Gasteiger charge is 2.32. The molecule has 34 heavy (non-hydrogen) atoms. The van der Waals surface area contributed by atoms with Crippen molar-refractivity contribution >= 4 is 27.5 Å². The van der Waals surface area contributed by atoms with Crippen LogP contribution in [0.4, 0.5) is 0 Å². The lowest BCUT2D eigenvalue weighted by Gasteiger charge is -2.21. The molecule has 0 saturated heterocycles. The van der Waals surface area contributed by atoms with Crippen LogP contribution in [0.5, 0.6) is 0 Å². The maximum atomic E-state index is 14.2. The largest absolute Gasteiger partial charge is 0.481 e. The predicted molar refractivity (Wildman–Crippen MR) is 136 cm³/mol. The lowest BCUT2D eigenvalue weighted by molar-refractivity contribution is -0.139. The summed E-state index contributed by atoms with van der Waals surface area (Å²) in [6.45, 7) is 2.39. The van der Waals surface area contributed by atoms with Crippen LogP contribution in [0.25, 0.3) is 21.3 Å². The molecule has 7 heteroatoms. The predicted octanol–water partition coefficient (Wildman–Crippen LogP) is 5.36. The van der Waals surface area contributed by atoms with Gasteiger partial charge in [-0.1, -0.05) is 43.7 Å². The maximum absolute atomic E-state index is 14.2. The van der Waals surface area contributed by atoms with E-state index in [-0.39, 0.29) is 5.56 Å². The molecule has 1 atom stereocenters. The number of aliphatic carboxylic acids is 1. The third-order valence-corrected chi connectivity index (χ3v) is 8.11. The van der Waals surface area contributed by atoms with Crippen LogP contribution in [0.15, 0.2) is 47.5 Å². The molecule has 1 aromatic carbocycles. The van der Waals surface area contributed by atoms with Crippen molar-refractivity contribution in [1.82, 2.24) is 14.3 Å². The van der Waals surface area contributed by atoms with Crippen LogP contribution in [0.2, 0.25) is 0 Å². The minimum Gasteiger partial charge on any atom is -0.481 e.